The summed E-state index contributed by atoms with van der Waals surface area (Å²) >= 11 is 5.27. The third-order valence-corrected chi connectivity index (χ3v) is 3.67. The van der Waals surface area contributed by atoms with Gasteiger partial charge < -0.3 is 14.8 Å². The number of epoxide rings is 1. The molecule has 1 atom stereocenters. The second kappa shape index (κ2) is 15.4. The predicted molar refractivity (Wildman–Crippen MR) is 91.6 cm³/mol. The molecule has 1 saturated heterocycles. The van der Waals surface area contributed by atoms with Crippen LogP contribution in [0.4, 0.5) is 0 Å². The highest BCUT2D eigenvalue weighted by molar-refractivity contribution is 6.18. The van der Waals surface area contributed by atoms with Crippen molar-refractivity contribution in [2.75, 3.05) is 25.6 Å². The number of halogens is 1. The van der Waals surface area contributed by atoms with E-state index < -0.39 is 0 Å². The number of hydrogen-bond donors (Lipinski definition) is 1. The van der Waals surface area contributed by atoms with Gasteiger partial charge in [-0.05, 0) is 45.7 Å². The maximum Gasteiger partial charge on any atom is 0.132 e. The van der Waals surface area contributed by atoms with E-state index in [9.17, 15) is 9.59 Å². The summed E-state index contributed by atoms with van der Waals surface area (Å²) in [6, 6.07) is 0. The summed E-state index contributed by atoms with van der Waals surface area (Å²) in [4.78, 5) is 22.2. The number of hydrogen-bond acceptors (Lipinski definition) is 4. The number of ketones is 2. The van der Waals surface area contributed by atoms with E-state index in [0.717, 1.165) is 39.0 Å². The van der Waals surface area contributed by atoms with Gasteiger partial charge in [0.1, 0.15) is 11.6 Å². The zero-order valence-corrected chi connectivity index (χ0v) is 14.9. The van der Waals surface area contributed by atoms with Crippen LogP contribution < -0.4 is 5.32 Å². The van der Waals surface area contributed by atoms with Crippen LogP contribution >= 0.6 is 11.6 Å². The molecule has 0 aliphatic carbocycles. The van der Waals surface area contributed by atoms with Gasteiger partial charge in [0.15, 0.2) is 0 Å². The first kappa shape index (κ1) is 21.6. The predicted octanol–water partition coefficient (Wildman–Crippen LogP) is 3.50. The number of rotatable bonds is 13. The molecule has 1 unspecified atom stereocenters. The van der Waals surface area contributed by atoms with Gasteiger partial charge in [0.25, 0.3) is 0 Å². The van der Waals surface area contributed by atoms with E-state index in [1.807, 2.05) is 0 Å². The van der Waals surface area contributed by atoms with Gasteiger partial charge in [0.05, 0.1) is 18.6 Å². The van der Waals surface area contributed by atoms with Crippen LogP contribution in [-0.4, -0.2) is 43.2 Å². The highest BCUT2D eigenvalue weighted by Gasteiger charge is 2.19. The molecule has 130 valence electrons. The number of unbranched alkanes of at least 4 members (excludes halogenated alkanes) is 2. The van der Waals surface area contributed by atoms with E-state index in [1.54, 1.807) is 6.92 Å². The van der Waals surface area contributed by atoms with E-state index in [4.69, 9.17) is 16.3 Å². The smallest absolute Gasteiger partial charge is 0.132 e. The molecule has 1 N–H and O–H groups in total. The molecule has 0 bridgehead atoms. The second-order valence-electron chi connectivity index (χ2n) is 5.76. The van der Waals surface area contributed by atoms with Crippen molar-refractivity contribution < 1.29 is 14.3 Å². The van der Waals surface area contributed by atoms with Crippen molar-refractivity contribution in [2.45, 2.75) is 71.3 Å². The molecular weight excluding hydrogens is 302 g/mol. The number of carbonyl (C=O) groups excluding carboxylic acids is 2. The minimum Gasteiger partial charge on any atom is -0.372 e. The molecule has 5 heteroatoms. The summed E-state index contributed by atoms with van der Waals surface area (Å²) in [6.07, 6.45) is 7.41. The maximum atomic E-state index is 11.5. The minimum absolute atomic E-state index is 0.220. The standard InChI is InChI=1S/C14H27NO2.C3H5ClO/c1-3-4-11-15-12-7-10-14(17)9-6-5-8-13(2)16;4-1-3-2-5-3/h15H,3-12H2,1-2H3;3H,1-2H2. The minimum atomic E-state index is 0.220. The lowest BCUT2D eigenvalue weighted by Crippen LogP contribution is -2.17. The SMILES string of the molecule is CCCCNCCCC(=O)CCCCC(C)=O.ClCC1CO1. The Balaban J connectivity index is 0.000000734. The molecule has 0 aromatic carbocycles. The Hall–Kier alpha value is -0.450. The van der Waals surface area contributed by atoms with Crippen molar-refractivity contribution in [3.8, 4) is 0 Å². The molecule has 0 amide bonds. The molecule has 0 aromatic rings. The van der Waals surface area contributed by atoms with Gasteiger partial charge in [0.2, 0.25) is 0 Å². The molecule has 1 aliphatic heterocycles. The molecule has 0 radical (unpaired) electrons. The van der Waals surface area contributed by atoms with Crippen LogP contribution in [0.2, 0.25) is 0 Å². The number of Topliss-reactive ketones (excluding diaryl/α,β-unsaturated/α-hetero) is 2. The largest absolute Gasteiger partial charge is 0.372 e. The molecule has 0 spiro atoms. The van der Waals surface area contributed by atoms with Gasteiger partial charge in [-0.3, -0.25) is 4.79 Å². The van der Waals surface area contributed by atoms with Crippen molar-refractivity contribution in [1.29, 1.82) is 0 Å². The van der Waals surface area contributed by atoms with E-state index in [-0.39, 0.29) is 5.78 Å². The number of alkyl halides is 1. The number of ether oxygens (including phenoxy) is 1. The third-order valence-electron chi connectivity index (χ3n) is 3.33. The Morgan fingerprint density at radius 2 is 1.68 bits per heavy atom. The Kier molecular flexibility index (Phi) is 15.1. The molecular formula is C17H32ClNO3. The fraction of sp³-hybridized carbons (Fsp3) is 0.882. The molecule has 1 rings (SSSR count). The van der Waals surface area contributed by atoms with Gasteiger partial charge >= 0.3 is 0 Å². The molecule has 0 aromatic heterocycles. The zero-order chi connectivity index (χ0) is 16.6. The lowest BCUT2D eigenvalue weighted by Gasteiger charge is -2.03. The van der Waals surface area contributed by atoms with E-state index in [1.165, 1.54) is 12.8 Å². The van der Waals surface area contributed by atoms with Gasteiger partial charge in [-0.2, -0.15) is 0 Å². The molecule has 4 nitrogen and oxygen atoms in total. The van der Waals surface area contributed by atoms with Crippen LogP contribution in [0.3, 0.4) is 0 Å². The molecule has 1 heterocycles. The Morgan fingerprint density at radius 1 is 1.09 bits per heavy atom. The molecule has 1 fully saturated rings. The molecule has 22 heavy (non-hydrogen) atoms. The first-order valence-electron chi connectivity index (χ1n) is 8.49. The van der Waals surface area contributed by atoms with Crippen LogP contribution in [-0.2, 0) is 14.3 Å². The fourth-order valence-corrected chi connectivity index (χ4v) is 1.99. The lowest BCUT2D eigenvalue weighted by atomic mass is 10.1. The monoisotopic (exact) mass is 333 g/mol. The normalized spacial score (nSPS) is 15.9. The fourth-order valence-electron chi connectivity index (χ4n) is 1.82. The van der Waals surface area contributed by atoms with E-state index in [0.29, 0.717) is 37.0 Å². The van der Waals surface area contributed by atoms with E-state index >= 15 is 0 Å². The third kappa shape index (κ3) is 17.6. The van der Waals surface area contributed by atoms with Crippen LogP contribution in [0.5, 0.6) is 0 Å². The Labute approximate surface area is 140 Å². The van der Waals surface area contributed by atoms with E-state index in [2.05, 4.69) is 12.2 Å². The van der Waals surface area contributed by atoms with Crippen LogP contribution in [0.25, 0.3) is 0 Å². The Bertz CT molecular complexity index is 294. The van der Waals surface area contributed by atoms with Gasteiger partial charge in [-0.25, -0.2) is 0 Å². The lowest BCUT2D eigenvalue weighted by molar-refractivity contribution is -0.120. The summed E-state index contributed by atoms with van der Waals surface area (Å²) in [7, 11) is 0. The van der Waals surface area contributed by atoms with Gasteiger partial charge in [0, 0.05) is 19.3 Å². The quantitative estimate of drug-likeness (QED) is 0.318. The molecule has 0 saturated carbocycles. The highest BCUT2D eigenvalue weighted by Crippen LogP contribution is 2.08. The zero-order valence-electron chi connectivity index (χ0n) is 14.2. The highest BCUT2D eigenvalue weighted by atomic mass is 35.5. The van der Waals surface area contributed by atoms with Crippen molar-refractivity contribution in [3.63, 3.8) is 0 Å². The second-order valence-corrected chi connectivity index (χ2v) is 6.07. The van der Waals surface area contributed by atoms with Crippen molar-refractivity contribution >= 4 is 23.2 Å². The average molecular weight is 334 g/mol. The first-order valence-corrected chi connectivity index (χ1v) is 9.03. The maximum absolute atomic E-state index is 11.5. The van der Waals surface area contributed by atoms with Crippen LogP contribution in [0.1, 0.15) is 65.2 Å². The summed E-state index contributed by atoms with van der Waals surface area (Å²) < 4.78 is 4.73. The summed E-state index contributed by atoms with van der Waals surface area (Å²) in [5.74, 6) is 1.23. The van der Waals surface area contributed by atoms with Gasteiger partial charge in [-0.1, -0.05) is 13.3 Å². The number of nitrogens with one attached hydrogen (secondary N) is 1. The molecule has 1 aliphatic rings. The van der Waals surface area contributed by atoms with Gasteiger partial charge in [-0.15, -0.1) is 11.6 Å². The summed E-state index contributed by atoms with van der Waals surface area (Å²) in [5, 5.41) is 3.33. The Morgan fingerprint density at radius 3 is 2.18 bits per heavy atom. The number of carbonyl (C=O) groups is 2. The summed E-state index contributed by atoms with van der Waals surface area (Å²) in [5.41, 5.74) is 0. The topological polar surface area (TPSA) is 58.7 Å². The van der Waals surface area contributed by atoms with Crippen molar-refractivity contribution in [3.05, 3.63) is 0 Å². The van der Waals surface area contributed by atoms with Crippen molar-refractivity contribution in [1.82, 2.24) is 5.32 Å². The van der Waals surface area contributed by atoms with Crippen molar-refractivity contribution in [2.24, 2.45) is 0 Å². The van der Waals surface area contributed by atoms with Crippen LogP contribution in [0.15, 0.2) is 0 Å². The average Bonchev–Trinajstić information content (AvgIpc) is 3.32. The first-order chi connectivity index (χ1) is 10.6. The summed E-state index contributed by atoms with van der Waals surface area (Å²) in [6.45, 7) is 6.65. The van der Waals surface area contributed by atoms with Crippen LogP contribution in [0, 0.1) is 0 Å².